The van der Waals surface area contributed by atoms with Gasteiger partial charge < -0.3 is 10.2 Å². The van der Waals surface area contributed by atoms with E-state index in [0.717, 1.165) is 59.1 Å². The Bertz CT molecular complexity index is 1200. The molecule has 1 aliphatic carbocycles. The first-order chi connectivity index (χ1) is 17.9. The molecule has 1 aliphatic rings. The molecule has 4 nitrogen and oxygen atoms in total. The van der Waals surface area contributed by atoms with Crippen molar-refractivity contribution in [1.29, 1.82) is 0 Å². The maximum Gasteiger partial charge on any atom is 0.243 e. The van der Waals surface area contributed by atoms with E-state index in [2.05, 4.69) is 42.6 Å². The summed E-state index contributed by atoms with van der Waals surface area (Å²) in [6.07, 6.45) is 6.31. The Kier molecular flexibility index (Phi) is 9.16. The van der Waals surface area contributed by atoms with Crippen LogP contribution in [0.5, 0.6) is 0 Å². The molecule has 0 saturated heterocycles. The van der Waals surface area contributed by atoms with Crippen molar-refractivity contribution in [3.63, 3.8) is 0 Å². The summed E-state index contributed by atoms with van der Waals surface area (Å²) in [7, 11) is 0. The molecule has 1 atom stereocenters. The van der Waals surface area contributed by atoms with Crippen LogP contribution in [0.1, 0.15) is 65.5 Å². The van der Waals surface area contributed by atoms with Crippen LogP contribution in [-0.4, -0.2) is 28.8 Å². The van der Waals surface area contributed by atoms with Gasteiger partial charge in [-0.25, -0.2) is 0 Å². The second-order valence-corrected chi connectivity index (χ2v) is 10.6. The Balaban J connectivity index is 1.68. The summed E-state index contributed by atoms with van der Waals surface area (Å²) >= 11 is 0. The SMILES string of the molecule is Cc1ccc(C)c(CC(=O)N(Cc2ccccc2C)[C@H](Cc2ccccc2)C(=O)NC2CCCCC2)c1. The van der Waals surface area contributed by atoms with E-state index in [1.807, 2.05) is 61.2 Å². The Morgan fingerprint density at radius 1 is 0.838 bits per heavy atom. The lowest BCUT2D eigenvalue weighted by Crippen LogP contribution is -2.53. The third kappa shape index (κ3) is 7.31. The Labute approximate surface area is 222 Å². The van der Waals surface area contributed by atoms with Crippen molar-refractivity contribution in [2.24, 2.45) is 0 Å². The van der Waals surface area contributed by atoms with Crippen LogP contribution < -0.4 is 5.32 Å². The van der Waals surface area contributed by atoms with Crippen LogP contribution in [-0.2, 0) is 29.0 Å². The molecule has 37 heavy (non-hydrogen) atoms. The van der Waals surface area contributed by atoms with Gasteiger partial charge >= 0.3 is 0 Å². The van der Waals surface area contributed by atoms with Crippen LogP contribution in [0.4, 0.5) is 0 Å². The van der Waals surface area contributed by atoms with Gasteiger partial charge in [0.25, 0.3) is 0 Å². The Morgan fingerprint density at radius 2 is 1.51 bits per heavy atom. The number of aryl methyl sites for hydroxylation is 3. The third-order valence-corrected chi connectivity index (χ3v) is 7.67. The number of rotatable bonds is 9. The molecule has 4 rings (SSSR count). The minimum atomic E-state index is -0.582. The van der Waals surface area contributed by atoms with Gasteiger partial charge in [0.05, 0.1) is 6.42 Å². The maximum absolute atomic E-state index is 14.1. The van der Waals surface area contributed by atoms with E-state index in [-0.39, 0.29) is 24.3 Å². The first kappa shape index (κ1) is 26.7. The summed E-state index contributed by atoms with van der Waals surface area (Å²) < 4.78 is 0. The van der Waals surface area contributed by atoms with Crippen molar-refractivity contribution in [1.82, 2.24) is 10.2 Å². The fraction of sp³-hybridized carbons (Fsp3) is 0.394. The molecule has 4 heteroatoms. The minimum Gasteiger partial charge on any atom is -0.352 e. The van der Waals surface area contributed by atoms with Gasteiger partial charge in [0.15, 0.2) is 0 Å². The molecule has 1 fully saturated rings. The standard InChI is InChI=1S/C33H40N2O2/c1-24-18-19-26(3)29(20-24)22-32(36)35(23-28-15-11-10-12-25(28)2)31(21-27-13-6-4-7-14-27)33(37)34-30-16-8-5-9-17-30/h4,6-7,10-15,18-20,30-31H,5,8-9,16-17,21-23H2,1-3H3,(H,34,37)/t31-/m1/s1. The van der Waals surface area contributed by atoms with E-state index in [9.17, 15) is 9.59 Å². The number of nitrogens with one attached hydrogen (secondary N) is 1. The lowest BCUT2D eigenvalue weighted by atomic mass is 9.94. The first-order valence-electron chi connectivity index (χ1n) is 13.6. The van der Waals surface area contributed by atoms with E-state index in [1.54, 1.807) is 0 Å². The zero-order valence-electron chi connectivity index (χ0n) is 22.5. The molecular weight excluding hydrogens is 456 g/mol. The maximum atomic E-state index is 14.1. The number of hydrogen-bond acceptors (Lipinski definition) is 2. The second kappa shape index (κ2) is 12.7. The van der Waals surface area contributed by atoms with E-state index in [4.69, 9.17) is 0 Å². The fourth-order valence-corrected chi connectivity index (χ4v) is 5.32. The highest BCUT2D eigenvalue weighted by Crippen LogP contribution is 2.22. The van der Waals surface area contributed by atoms with E-state index >= 15 is 0 Å². The molecule has 3 aromatic rings. The van der Waals surface area contributed by atoms with Crippen molar-refractivity contribution < 1.29 is 9.59 Å². The predicted molar refractivity (Wildman–Crippen MR) is 150 cm³/mol. The van der Waals surface area contributed by atoms with Crippen LogP contribution in [0.2, 0.25) is 0 Å². The molecule has 1 saturated carbocycles. The Morgan fingerprint density at radius 3 is 2.24 bits per heavy atom. The summed E-state index contributed by atoms with van der Waals surface area (Å²) in [5, 5.41) is 3.33. The minimum absolute atomic E-state index is 0.0170. The van der Waals surface area contributed by atoms with E-state index < -0.39 is 6.04 Å². The zero-order chi connectivity index (χ0) is 26.2. The molecule has 1 N–H and O–H groups in total. The molecule has 0 heterocycles. The second-order valence-electron chi connectivity index (χ2n) is 10.6. The van der Waals surface area contributed by atoms with Crippen molar-refractivity contribution >= 4 is 11.8 Å². The van der Waals surface area contributed by atoms with Crippen LogP contribution >= 0.6 is 0 Å². The fourth-order valence-electron chi connectivity index (χ4n) is 5.32. The lowest BCUT2D eigenvalue weighted by molar-refractivity contribution is -0.141. The molecule has 0 spiro atoms. The molecule has 0 unspecified atom stereocenters. The monoisotopic (exact) mass is 496 g/mol. The normalized spacial score (nSPS) is 14.7. The topological polar surface area (TPSA) is 49.4 Å². The van der Waals surface area contributed by atoms with Gasteiger partial charge in [-0.05, 0) is 61.4 Å². The molecule has 0 bridgehead atoms. The van der Waals surface area contributed by atoms with Gasteiger partial charge in [-0.2, -0.15) is 0 Å². The summed E-state index contributed by atoms with van der Waals surface area (Å²) in [4.78, 5) is 29.8. The molecule has 194 valence electrons. The van der Waals surface area contributed by atoms with Crippen LogP contribution in [0, 0.1) is 20.8 Å². The van der Waals surface area contributed by atoms with Gasteiger partial charge in [0.2, 0.25) is 11.8 Å². The average molecular weight is 497 g/mol. The highest BCUT2D eigenvalue weighted by atomic mass is 16.2. The van der Waals surface area contributed by atoms with E-state index in [0.29, 0.717) is 13.0 Å². The Hall–Kier alpha value is -3.40. The summed E-state index contributed by atoms with van der Waals surface area (Å²) in [6.45, 7) is 6.57. The number of carbonyl (C=O) groups is 2. The molecule has 0 aromatic heterocycles. The first-order valence-corrected chi connectivity index (χ1v) is 13.6. The molecule has 0 aliphatic heterocycles. The van der Waals surface area contributed by atoms with Gasteiger partial charge in [-0.1, -0.05) is 97.6 Å². The predicted octanol–water partition coefficient (Wildman–Crippen LogP) is 6.24. The molecular formula is C33H40N2O2. The summed E-state index contributed by atoms with van der Waals surface area (Å²) in [6, 6.07) is 24.0. The number of benzene rings is 3. The van der Waals surface area contributed by atoms with Gasteiger partial charge in [0, 0.05) is 19.0 Å². The average Bonchev–Trinajstić information content (AvgIpc) is 2.90. The highest BCUT2D eigenvalue weighted by Gasteiger charge is 2.32. The quantitative estimate of drug-likeness (QED) is 0.381. The van der Waals surface area contributed by atoms with Gasteiger partial charge in [-0.15, -0.1) is 0 Å². The largest absolute Gasteiger partial charge is 0.352 e. The van der Waals surface area contributed by atoms with Crippen LogP contribution in [0.15, 0.2) is 72.8 Å². The van der Waals surface area contributed by atoms with Crippen molar-refractivity contribution in [3.8, 4) is 0 Å². The number of amides is 2. The highest BCUT2D eigenvalue weighted by molar-refractivity contribution is 5.89. The molecule has 3 aromatic carbocycles. The van der Waals surface area contributed by atoms with Crippen molar-refractivity contribution in [2.75, 3.05) is 0 Å². The third-order valence-electron chi connectivity index (χ3n) is 7.67. The molecule has 0 radical (unpaired) electrons. The van der Waals surface area contributed by atoms with Gasteiger partial charge in [0.1, 0.15) is 6.04 Å². The summed E-state index contributed by atoms with van der Waals surface area (Å²) in [5.74, 6) is -0.0599. The van der Waals surface area contributed by atoms with Crippen molar-refractivity contribution in [2.45, 2.75) is 84.3 Å². The van der Waals surface area contributed by atoms with Crippen molar-refractivity contribution in [3.05, 3.63) is 106 Å². The number of hydrogen-bond donors (Lipinski definition) is 1. The van der Waals surface area contributed by atoms with Crippen LogP contribution in [0.3, 0.4) is 0 Å². The van der Waals surface area contributed by atoms with Crippen LogP contribution in [0.25, 0.3) is 0 Å². The zero-order valence-corrected chi connectivity index (χ0v) is 22.5. The molecule has 2 amide bonds. The summed E-state index contributed by atoms with van der Waals surface area (Å²) in [5.41, 5.74) is 6.50. The number of carbonyl (C=O) groups excluding carboxylic acids is 2. The van der Waals surface area contributed by atoms with E-state index in [1.165, 1.54) is 6.42 Å². The number of nitrogens with zero attached hydrogens (tertiary/aromatic N) is 1. The lowest BCUT2D eigenvalue weighted by Gasteiger charge is -2.34. The smallest absolute Gasteiger partial charge is 0.243 e. The van der Waals surface area contributed by atoms with Gasteiger partial charge in [-0.3, -0.25) is 9.59 Å².